The van der Waals surface area contributed by atoms with Crippen molar-refractivity contribution in [3.63, 3.8) is 0 Å². The van der Waals surface area contributed by atoms with Gasteiger partial charge in [0.25, 0.3) is 15.9 Å². The maximum absolute atomic E-state index is 12.0. The molecule has 2 rings (SSSR count). The summed E-state index contributed by atoms with van der Waals surface area (Å²) in [6, 6.07) is 7.52. The molecule has 2 aromatic rings. The Kier molecular flexibility index (Phi) is 4.36. The number of amides is 1. The largest absolute Gasteiger partial charge is 0.438 e. The number of halogens is 1. The highest BCUT2D eigenvalue weighted by atomic mass is 35.5. The number of hydrogen-bond donors (Lipinski definition) is 2. The normalized spacial score (nSPS) is 11.4. The molecule has 112 valence electrons. The highest BCUT2D eigenvalue weighted by Gasteiger charge is 2.19. The van der Waals surface area contributed by atoms with E-state index >= 15 is 0 Å². The molecule has 0 aliphatic carbocycles. The zero-order valence-electron chi connectivity index (χ0n) is 11.3. The smallest absolute Gasteiger partial charge is 0.291 e. The maximum Gasteiger partial charge on any atom is 0.291 e. The fourth-order valence-electron chi connectivity index (χ4n) is 1.64. The molecule has 0 saturated heterocycles. The van der Waals surface area contributed by atoms with E-state index in [4.69, 9.17) is 16.0 Å². The van der Waals surface area contributed by atoms with E-state index in [9.17, 15) is 13.2 Å². The third kappa shape index (κ3) is 3.44. The molecule has 0 aliphatic rings. The van der Waals surface area contributed by atoms with Crippen molar-refractivity contribution in [1.82, 2.24) is 4.72 Å². The fraction of sp³-hybridized carbons (Fsp3) is 0.154. The van der Waals surface area contributed by atoms with Crippen LogP contribution in [0.2, 0.25) is 5.02 Å². The minimum absolute atomic E-state index is 0.0989. The van der Waals surface area contributed by atoms with Crippen molar-refractivity contribution in [2.75, 3.05) is 12.4 Å². The Morgan fingerprint density at radius 3 is 2.57 bits per heavy atom. The average molecular weight is 329 g/mol. The lowest BCUT2D eigenvalue weighted by molar-refractivity contribution is 0.0991. The lowest BCUT2D eigenvalue weighted by Crippen LogP contribution is -2.18. The molecule has 0 saturated carbocycles. The van der Waals surface area contributed by atoms with Gasteiger partial charge in [0, 0.05) is 10.7 Å². The molecule has 1 aromatic heterocycles. The van der Waals surface area contributed by atoms with Gasteiger partial charge in [-0.25, -0.2) is 13.1 Å². The predicted octanol–water partition coefficient (Wildman–Crippen LogP) is 2.40. The molecule has 2 N–H and O–H groups in total. The van der Waals surface area contributed by atoms with Crippen molar-refractivity contribution >= 4 is 33.2 Å². The van der Waals surface area contributed by atoms with Crippen LogP contribution in [-0.2, 0) is 10.0 Å². The minimum Gasteiger partial charge on any atom is -0.438 e. The monoisotopic (exact) mass is 328 g/mol. The number of aryl methyl sites for hydroxylation is 1. The van der Waals surface area contributed by atoms with Crippen molar-refractivity contribution in [1.29, 1.82) is 0 Å². The van der Waals surface area contributed by atoms with E-state index in [0.29, 0.717) is 10.7 Å². The first kappa shape index (κ1) is 15.6. The fourth-order valence-corrected chi connectivity index (χ4v) is 2.51. The van der Waals surface area contributed by atoms with Crippen LogP contribution >= 0.6 is 11.6 Å². The molecule has 0 radical (unpaired) electrons. The van der Waals surface area contributed by atoms with Gasteiger partial charge < -0.3 is 9.73 Å². The Balaban J connectivity index is 2.22. The molecular formula is C13H13ClN2O4S. The van der Waals surface area contributed by atoms with Crippen LogP contribution in [0.3, 0.4) is 0 Å². The molecule has 6 nitrogen and oxygen atoms in total. The molecular weight excluding hydrogens is 316 g/mol. The van der Waals surface area contributed by atoms with Gasteiger partial charge in [-0.05, 0) is 49.9 Å². The van der Waals surface area contributed by atoms with E-state index in [2.05, 4.69) is 10.0 Å². The molecule has 0 aliphatic heterocycles. The van der Waals surface area contributed by atoms with Crippen LogP contribution < -0.4 is 10.0 Å². The number of anilines is 1. The zero-order chi connectivity index (χ0) is 15.6. The Morgan fingerprint density at radius 1 is 1.24 bits per heavy atom. The molecule has 0 bridgehead atoms. The van der Waals surface area contributed by atoms with Gasteiger partial charge in [0.15, 0.2) is 5.76 Å². The quantitative estimate of drug-likeness (QED) is 0.902. The SMILES string of the molecule is CNS(=O)(=O)c1ccc(C(=O)Nc2ccc(Cl)cc2C)o1. The molecule has 8 heteroatoms. The van der Waals surface area contributed by atoms with Gasteiger partial charge in [-0.15, -0.1) is 0 Å². The van der Waals surface area contributed by atoms with E-state index in [1.165, 1.54) is 19.2 Å². The molecule has 0 fully saturated rings. The topological polar surface area (TPSA) is 88.4 Å². The van der Waals surface area contributed by atoms with Crippen molar-refractivity contribution < 1.29 is 17.6 Å². The first-order chi connectivity index (χ1) is 9.83. The van der Waals surface area contributed by atoms with E-state index in [-0.39, 0.29) is 10.9 Å². The summed E-state index contributed by atoms with van der Waals surface area (Å²) in [6.07, 6.45) is 0. The van der Waals surface area contributed by atoms with Crippen LogP contribution in [0.1, 0.15) is 16.1 Å². The number of carbonyl (C=O) groups excluding carboxylic acids is 1. The summed E-state index contributed by atoms with van der Waals surface area (Å²) in [5.74, 6) is -0.642. The van der Waals surface area contributed by atoms with Gasteiger partial charge in [-0.1, -0.05) is 11.6 Å². The van der Waals surface area contributed by atoms with Crippen molar-refractivity contribution in [3.05, 3.63) is 46.7 Å². The highest BCUT2D eigenvalue weighted by molar-refractivity contribution is 7.89. The van der Waals surface area contributed by atoms with Crippen molar-refractivity contribution in [2.45, 2.75) is 12.0 Å². The van der Waals surface area contributed by atoms with Gasteiger partial charge in [0.05, 0.1) is 0 Å². The van der Waals surface area contributed by atoms with Crippen molar-refractivity contribution in [2.24, 2.45) is 0 Å². The van der Waals surface area contributed by atoms with Gasteiger partial charge in [-0.2, -0.15) is 0 Å². The summed E-state index contributed by atoms with van der Waals surface area (Å²) in [7, 11) is -2.45. The predicted molar refractivity (Wildman–Crippen MR) is 79.1 cm³/mol. The summed E-state index contributed by atoms with van der Waals surface area (Å²) in [5, 5.41) is 2.87. The van der Waals surface area contributed by atoms with Crippen LogP contribution in [0.4, 0.5) is 5.69 Å². The second-order valence-electron chi connectivity index (χ2n) is 4.24. The summed E-state index contributed by atoms with van der Waals surface area (Å²) >= 11 is 5.84. The Morgan fingerprint density at radius 2 is 1.95 bits per heavy atom. The third-order valence-corrected chi connectivity index (χ3v) is 4.30. The number of hydrogen-bond acceptors (Lipinski definition) is 4. The summed E-state index contributed by atoms with van der Waals surface area (Å²) in [4.78, 5) is 12.0. The lowest BCUT2D eigenvalue weighted by Gasteiger charge is -2.07. The standard InChI is InChI=1S/C13H13ClN2O4S/c1-8-7-9(14)3-4-10(8)16-13(17)11-5-6-12(20-11)21(18,19)15-2/h3-7,15H,1-2H3,(H,16,17). The van der Waals surface area contributed by atoms with Crippen LogP contribution in [0.15, 0.2) is 39.8 Å². The third-order valence-electron chi connectivity index (χ3n) is 2.78. The molecule has 1 amide bonds. The van der Waals surface area contributed by atoms with E-state index in [1.54, 1.807) is 25.1 Å². The molecule has 0 unspecified atom stereocenters. The molecule has 1 aromatic carbocycles. The van der Waals surface area contributed by atoms with Crippen LogP contribution in [0, 0.1) is 6.92 Å². The van der Waals surface area contributed by atoms with Crippen LogP contribution in [0.25, 0.3) is 0 Å². The number of sulfonamides is 1. The van der Waals surface area contributed by atoms with Crippen LogP contribution in [-0.4, -0.2) is 21.4 Å². The average Bonchev–Trinajstić information content (AvgIpc) is 2.92. The second-order valence-corrected chi connectivity index (χ2v) is 6.49. The number of carbonyl (C=O) groups is 1. The molecule has 0 spiro atoms. The Labute approximate surface area is 127 Å². The van der Waals surface area contributed by atoms with Gasteiger partial charge in [-0.3, -0.25) is 4.79 Å². The van der Waals surface area contributed by atoms with Crippen LogP contribution in [0.5, 0.6) is 0 Å². The van der Waals surface area contributed by atoms with Crippen molar-refractivity contribution in [3.8, 4) is 0 Å². The molecule has 0 atom stereocenters. The second kappa shape index (κ2) is 5.88. The Hall–Kier alpha value is -1.83. The lowest BCUT2D eigenvalue weighted by atomic mass is 10.2. The summed E-state index contributed by atoms with van der Waals surface area (Å²) in [5.41, 5.74) is 1.35. The summed E-state index contributed by atoms with van der Waals surface area (Å²) < 4.78 is 30.2. The summed E-state index contributed by atoms with van der Waals surface area (Å²) in [6.45, 7) is 1.79. The Bertz CT molecular complexity index is 783. The first-order valence-electron chi connectivity index (χ1n) is 5.94. The number of rotatable bonds is 4. The van der Waals surface area contributed by atoms with Gasteiger partial charge in [0.1, 0.15) is 0 Å². The number of furan rings is 1. The van der Waals surface area contributed by atoms with E-state index in [0.717, 1.165) is 5.56 Å². The first-order valence-corrected chi connectivity index (χ1v) is 7.80. The van der Waals surface area contributed by atoms with E-state index < -0.39 is 15.9 Å². The van der Waals surface area contributed by atoms with E-state index in [1.807, 2.05) is 0 Å². The number of nitrogens with one attached hydrogen (secondary N) is 2. The van der Waals surface area contributed by atoms with Gasteiger partial charge >= 0.3 is 0 Å². The molecule has 21 heavy (non-hydrogen) atoms. The minimum atomic E-state index is -3.71. The zero-order valence-corrected chi connectivity index (χ0v) is 12.9. The van der Waals surface area contributed by atoms with Gasteiger partial charge in [0.2, 0.25) is 5.09 Å². The number of benzene rings is 1. The highest BCUT2D eigenvalue weighted by Crippen LogP contribution is 2.21. The maximum atomic E-state index is 12.0. The molecule has 1 heterocycles.